The average Bonchev–Trinajstić information content (AvgIpc) is 2.14. The quantitative estimate of drug-likeness (QED) is 0.445. The van der Waals surface area contributed by atoms with Crippen LogP contribution in [0.15, 0.2) is 6.20 Å². The second-order valence-electron chi connectivity index (χ2n) is 1.61. The largest absolute Gasteiger partial charge is 0.358 e. The highest BCUT2D eigenvalue weighted by atomic mass is 16.6. The van der Waals surface area contributed by atoms with Gasteiger partial charge in [-0.2, -0.15) is 0 Å². The van der Waals surface area contributed by atoms with E-state index >= 15 is 0 Å². The van der Waals surface area contributed by atoms with Crippen molar-refractivity contribution in [3.05, 3.63) is 22.1 Å². The van der Waals surface area contributed by atoms with Crippen LogP contribution in [0.3, 0.4) is 0 Å². The molecule has 0 fully saturated rings. The van der Waals surface area contributed by atoms with Crippen LogP contribution in [0.1, 0.15) is 5.82 Å². The van der Waals surface area contributed by atoms with Crippen molar-refractivity contribution in [2.24, 2.45) is 0 Å². The molecule has 0 saturated heterocycles. The van der Waals surface area contributed by atoms with E-state index in [0.29, 0.717) is 5.82 Å². The molecule has 0 aliphatic heterocycles. The van der Waals surface area contributed by atoms with Gasteiger partial charge in [-0.05, 0) is 4.92 Å². The third kappa shape index (κ3) is 1.04. The van der Waals surface area contributed by atoms with E-state index in [4.69, 9.17) is 0 Å². The second-order valence-corrected chi connectivity index (χ2v) is 1.61. The van der Waals surface area contributed by atoms with E-state index in [2.05, 4.69) is 9.97 Å². The van der Waals surface area contributed by atoms with Gasteiger partial charge in [-0.15, -0.1) is 0 Å². The van der Waals surface area contributed by atoms with Crippen LogP contribution >= 0.6 is 0 Å². The molecule has 0 atom stereocenters. The van der Waals surface area contributed by atoms with Crippen molar-refractivity contribution in [3.8, 4) is 0 Å². The first-order valence-corrected chi connectivity index (χ1v) is 2.36. The fraction of sp³-hybridized carbons (Fsp3) is 0.250. The van der Waals surface area contributed by atoms with Crippen molar-refractivity contribution in [1.82, 2.24) is 9.97 Å². The van der Waals surface area contributed by atoms with Crippen LogP contribution in [0.5, 0.6) is 0 Å². The van der Waals surface area contributed by atoms with Gasteiger partial charge in [0.25, 0.3) is 0 Å². The van der Waals surface area contributed by atoms with Crippen molar-refractivity contribution in [1.29, 1.82) is 0 Å². The molecule has 0 aliphatic carbocycles. The molecule has 1 heterocycles. The molecule has 0 aromatic carbocycles. The van der Waals surface area contributed by atoms with E-state index < -0.39 is 4.92 Å². The molecule has 1 aromatic rings. The molecule has 0 radical (unpaired) electrons. The van der Waals surface area contributed by atoms with Gasteiger partial charge in [-0.3, -0.25) is 0 Å². The van der Waals surface area contributed by atoms with Crippen LogP contribution in [0, 0.1) is 17.0 Å². The van der Waals surface area contributed by atoms with Gasteiger partial charge in [0.1, 0.15) is 6.20 Å². The molecule has 48 valence electrons. The summed E-state index contributed by atoms with van der Waals surface area (Å²) in [5, 5.41) is 9.95. The number of aromatic amines is 1. The Bertz CT molecular complexity index is 229. The van der Waals surface area contributed by atoms with Gasteiger partial charge < -0.3 is 10.1 Å². The maximum atomic E-state index is 9.95. The Morgan fingerprint density at radius 3 is 2.78 bits per heavy atom. The van der Waals surface area contributed by atoms with Gasteiger partial charge in [0.2, 0.25) is 0 Å². The molecule has 0 spiro atoms. The lowest BCUT2D eigenvalue weighted by Gasteiger charge is -1.83. The molecule has 5 nitrogen and oxygen atoms in total. The lowest BCUT2D eigenvalue weighted by molar-refractivity contribution is -0.389. The molecule has 0 saturated carbocycles. The van der Waals surface area contributed by atoms with Crippen molar-refractivity contribution in [2.75, 3.05) is 0 Å². The van der Waals surface area contributed by atoms with Gasteiger partial charge in [0, 0.05) is 6.92 Å². The van der Waals surface area contributed by atoms with Crippen LogP contribution in [0.2, 0.25) is 0 Å². The lowest BCUT2D eigenvalue weighted by Crippen LogP contribution is -1.86. The maximum Gasteiger partial charge on any atom is 0.340 e. The summed E-state index contributed by atoms with van der Waals surface area (Å²) in [4.78, 5) is 15.5. The monoisotopic (exact) mass is 128 g/mol. The molecular formula is C4H5N3O2. The SMILES string of the molecule is Cc1[nH]c([N+](=O)[O-])c[15n]1. The summed E-state index contributed by atoms with van der Waals surface area (Å²) in [5.41, 5.74) is 0. The Hall–Kier alpha value is -1.39. The number of nitrogens with one attached hydrogen (secondary N) is 1. The predicted molar refractivity (Wildman–Crippen MR) is 30.0 cm³/mol. The molecule has 0 unspecified atom stereocenters. The Morgan fingerprint density at radius 2 is 2.56 bits per heavy atom. The van der Waals surface area contributed by atoms with Gasteiger partial charge in [-0.25, -0.2) is 9.97 Å². The molecule has 0 amide bonds. The molecule has 0 bridgehead atoms. The van der Waals surface area contributed by atoms with Crippen LogP contribution in [-0.4, -0.2) is 14.9 Å². The number of hydrogen-bond donors (Lipinski definition) is 1. The van der Waals surface area contributed by atoms with Gasteiger partial charge >= 0.3 is 5.82 Å². The summed E-state index contributed by atoms with van der Waals surface area (Å²) in [6, 6.07) is 0. The highest BCUT2D eigenvalue weighted by Crippen LogP contribution is 2.03. The summed E-state index contributed by atoms with van der Waals surface area (Å²) in [6.45, 7) is 1.66. The minimum Gasteiger partial charge on any atom is -0.358 e. The Balaban J connectivity index is 2.98. The minimum absolute atomic E-state index is 0.0625. The first-order valence-electron chi connectivity index (χ1n) is 2.36. The normalized spacial score (nSPS) is 9.44. The number of rotatable bonds is 1. The third-order valence-corrected chi connectivity index (χ3v) is 0.886. The molecule has 5 heteroatoms. The van der Waals surface area contributed by atoms with Crippen molar-refractivity contribution in [2.45, 2.75) is 6.92 Å². The van der Waals surface area contributed by atoms with Gasteiger partial charge in [0.15, 0.2) is 5.82 Å². The number of aryl methyl sites for hydroxylation is 1. The highest BCUT2D eigenvalue weighted by Gasteiger charge is 2.04. The minimum atomic E-state index is -0.514. The van der Waals surface area contributed by atoms with E-state index in [1.807, 2.05) is 0 Å². The number of aromatic nitrogens is 2. The average molecular weight is 128 g/mol. The van der Waals surface area contributed by atoms with Crippen LogP contribution in [-0.2, 0) is 0 Å². The topological polar surface area (TPSA) is 71.8 Å². The smallest absolute Gasteiger partial charge is 0.340 e. The molecular weight excluding hydrogens is 123 g/mol. The molecule has 1 N–H and O–H groups in total. The fourth-order valence-corrected chi connectivity index (χ4v) is 0.501. The zero-order valence-electron chi connectivity index (χ0n) is 4.79. The Morgan fingerprint density at radius 1 is 1.89 bits per heavy atom. The van der Waals surface area contributed by atoms with Crippen LogP contribution in [0.25, 0.3) is 0 Å². The van der Waals surface area contributed by atoms with E-state index in [1.54, 1.807) is 6.92 Å². The number of hydrogen-bond acceptors (Lipinski definition) is 3. The van der Waals surface area contributed by atoms with E-state index in [1.165, 1.54) is 6.20 Å². The van der Waals surface area contributed by atoms with Crippen molar-refractivity contribution >= 4 is 5.82 Å². The number of nitrogens with zero attached hydrogens (tertiary/aromatic N) is 2. The lowest BCUT2D eigenvalue weighted by atomic mass is 10.8. The summed E-state index contributed by atoms with van der Waals surface area (Å²) in [7, 11) is 0. The summed E-state index contributed by atoms with van der Waals surface area (Å²) >= 11 is 0. The standard InChI is InChI=1S/C4H5N3O2/c1-3-5-2-4(6-3)7(8)9/h2H,1H3,(H,5,6)/i5+1. The first-order chi connectivity index (χ1) is 4.20. The van der Waals surface area contributed by atoms with Crippen molar-refractivity contribution < 1.29 is 4.92 Å². The summed E-state index contributed by atoms with van der Waals surface area (Å²) in [5.74, 6) is 0.495. The molecule has 1 rings (SSSR count). The number of nitro groups is 1. The van der Waals surface area contributed by atoms with Crippen molar-refractivity contribution in [3.63, 3.8) is 0 Å². The summed E-state index contributed by atoms with van der Waals surface area (Å²) in [6.07, 6.45) is 1.19. The fourth-order valence-electron chi connectivity index (χ4n) is 0.501. The van der Waals surface area contributed by atoms with Crippen LogP contribution < -0.4 is 0 Å². The van der Waals surface area contributed by atoms with E-state index in [9.17, 15) is 10.1 Å². The maximum absolute atomic E-state index is 9.95. The van der Waals surface area contributed by atoms with E-state index in [-0.39, 0.29) is 5.82 Å². The van der Waals surface area contributed by atoms with Crippen LogP contribution in [0.4, 0.5) is 5.82 Å². The Labute approximate surface area is 50.9 Å². The van der Waals surface area contributed by atoms with Gasteiger partial charge in [0.05, 0.1) is 0 Å². The zero-order valence-corrected chi connectivity index (χ0v) is 4.79. The molecule has 1 aromatic heterocycles. The summed E-state index contributed by atoms with van der Waals surface area (Å²) < 4.78 is 0. The number of imidazole rings is 1. The first kappa shape index (κ1) is 5.74. The van der Waals surface area contributed by atoms with E-state index in [0.717, 1.165) is 0 Å². The highest BCUT2D eigenvalue weighted by molar-refractivity contribution is 5.13. The predicted octanol–water partition coefficient (Wildman–Crippen LogP) is 0.626. The van der Waals surface area contributed by atoms with Gasteiger partial charge in [-0.1, -0.05) is 0 Å². The second kappa shape index (κ2) is 1.85. The Kier molecular flexibility index (Phi) is 1.18. The molecule has 0 aliphatic rings. The number of H-pyrrole nitrogens is 1. The third-order valence-electron chi connectivity index (χ3n) is 0.886. The zero-order chi connectivity index (χ0) is 6.85. The molecule has 9 heavy (non-hydrogen) atoms.